The number of fused-ring (bicyclic) bond motifs is 1. The van der Waals surface area contributed by atoms with Gasteiger partial charge in [0.15, 0.2) is 5.65 Å². The van der Waals surface area contributed by atoms with Gasteiger partial charge < -0.3 is 5.73 Å². The van der Waals surface area contributed by atoms with Gasteiger partial charge in [-0.2, -0.15) is 5.10 Å². The molecule has 0 saturated carbocycles. The lowest BCUT2D eigenvalue weighted by Gasteiger charge is -2.06. The van der Waals surface area contributed by atoms with Gasteiger partial charge in [0.1, 0.15) is 5.52 Å². The van der Waals surface area contributed by atoms with E-state index in [9.17, 15) is 0 Å². The van der Waals surface area contributed by atoms with Gasteiger partial charge in [0.05, 0.1) is 0 Å². The summed E-state index contributed by atoms with van der Waals surface area (Å²) in [5.41, 5.74) is 8.75. The molecule has 0 aromatic carbocycles. The van der Waals surface area contributed by atoms with Crippen LogP contribution in [-0.2, 0) is 13.1 Å². The molecule has 19 heavy (non-hydrogen) atoms. The van der Waals surface area contributed by atoms with Crippen molar-refractivity contribution in [2.24, 2.45) is 0 Å². The lowest BCUT2D eigenvalue weighted by Crippen LogP contribution is -2.07. The fourth-order valence-electron chi connectivity index (χ4n) is 2.17. The van der Waals surface area contributed by atoms with Crippen LogP contribution in [0.3, 0.4) is 0 Å². The van der Waals surface area contributed by atoms with Crippen LogP contribution >= 0.6 is 0 Å². The molecule has 3 heterocycles. The zero-order valence-electron chi connectivity index (χ0n) is 10.8. The third kappa shape index (κ3) is 2.29. The number of rotatable bonds is 4. The molecule has 0 atom stereocenters. The number of hydrogen-bond acceptors (Lipinski definition) is 4. The Morgan fingerprint density at radius 2 is 2.21 bits per heavy atom. The fraction of sp³-hybridized carbons (Fsp3) is 0.308. The second-order valence-electron chi connectivity index (χ2n) is 4.60. The van der Waals surface area contributed by atoms with Gasteiger partial charge in [-0.15, -0.1) is 0 Å². The number of nitrogens with zero attached hydrogens (tertiary/aromatic N) is 5. The second-order valence-corrected chi connectivity index (χ2v) is 4.60. The maximum absolute atomic E-state index is 5.95. The van der Waals surface area contributed by atoms with Crippen LogP contribution in [0.15, 0.2) is 30.7 Å². The van der Waals surface area contributed by atoms with Gasteiger partial charge in [0, 0.05) is 31.7 Å². The molecule has 6 heteroatoms. The number of imidazole rings is 1. The summed E-state index contributed by atoms with van der Waals surface area (Å²) >= 11 is 0. The Morgan fingerprint density at radius 1 is 1.32 bits per heavy atom. The Labute approximate surface area is 110 Å². The highest BCUT2D eigenvalue weighted by molar-refractivity contribution is 5.74. The van der Waals surface area contributed by atoms with E-state index < -0.39 is 0 Å². The van der Waals surface area contributed by atoms with Crippen LogP contribution in [0.25, 0.3) is 11.2 Å². The highest BCUT2D eigenvalue weighted by atomic mass is 15.3. The summed E-state index contributed by atoms with van der Waals surface area (Å²) in [5, 5.41) is 4.18. The molecule has 3 aromatic rings. The summed E-state index contributed by atoms with van der Waals surface area (Å²) in [6.07, 6.45) is 6.52. The van der Waals surface area contributed by atoms with Crippen molar-refractivity contribution in [3.8, 4) is 0 Å². The molecule has 0 radical (unpaired) electrons. The standard InChI is InChI=1S/C13H16N6/c1-10-8-11-12(15-9-10)19(13(14)17-11)7-3-6-18-5-2-4-16-18/h2,4-5,8-9H,3,6-7H2,1H3,(H2,14,17). The molecule has 3 rings (SSSR count). The van der Waals surface area contributed by atoms with Crippen LogP contribution in [0, 0.1) is 6.92 Å². The van der Waals surface area contributed by atoms with Crippen LogP contribution in [0.2, 0.25) is 0 Å². The number of anilines is 1. The average molecular weight is 256 g/mol. The van der Waals surface area contributed by atoms with E-state index in [1.165, 1.54) is 0 Å². The van der Waals surface area contributed by atoms with Crippen molar-refractivity contribution in [3.63, 3.8) is 0 Å². The zero-order chi connectivity index (χ0) is 13.2. The topological polar surface area (TPSA) is 74.5 Å². The van der Waals surface area contributed by atoms with Gasteiger partial charge in [-0.3, -0.25) is 9.25 Å². The summed E-state index contributed by atoms with van der Waals surface area (Å²) < 4.78 is 3.87. The second kappa shape index (κ2) is 4.72. The van der Waals surface area contributed by atoms with Crippen molar-refractivity contribution in [1.29, 1.82) is 0 Å². The Hall–Kier alpha value is -2.37. The molecule has 6 nitrogen and oxygen atoms in total. The Morgan fingerprint density at radius 3 is 3.00 bits per heavy atom. The van der Waals surface area contributed by atoms with Crippen molar-refractivity contribution < 1.29 is 0 Å². The Kier molecular flexibility index (Phi) is 2.91. The van der Waals surface area contributed by atoms with Crippen LogP contribution in [-0.4, -0.2) is 24.3 Å². The van der Waals surface area contributed by atoms with E-state index in [-0.39, 0.29) is 0 Å². The number of pyridine rings is 1. The molecule has 0 spiro atoms. The molecule has 0 aliphatic rings. The molecular weight excluding hydrogens is 240 g/mol. The predicted octanol–water partition coefficient (Wildman–Crippen LogP) is 1.61. The number of aryl methyl sites for hydroxylation is 3. The van der Waals surface area contributed by atoms with Gasteiger partial charge in [0.25, 0.3) is 0 Å². The van der Waals surface area contributed by atoms with E-state index in [0.29, 0.717) is 5.95 Å². The van der Waals surface area contributed by atoms with Gasteiger partial charge >= 0.3 is 0 Å². The Bertz CT molecular complexity index is 683. The molecule has 0 bridgehead atoms. The van der Waals surface area contributed by atoms with E-state index in [0.717, 1.165) is 36.2 Å². The minimum Gasteiger partial charge on any atom is -0.369 e. The fourth-order valence-corrected chi connectivity index (χ4v) is 2.17. The van der Waals surface area contributed by atoms with E-state index in [1.807, 2.05) is 40.7 Å². The summed E-state index contributed by atoms with van der Waals surface area (Å²) in [6.45, 7) is 3.65. The number of aromatic nitrogens is 5. The molecule has 0 fully saturated rings. The first-order valence-electron chi connectivity index (χ1n) is 6.30. The molecular formula is C13H16N6. The molecule has 0 amide bonds. The first kappa shape index (κ1) is 11.7. The third-order valence-corrected chi connectivity index (χ3v) is 3.08. The maximum atomic E-state index is 5.95. The maximum Gasteiger partial charge on any atom is 0.202 e. The zero-order valence-corrected chi connectivity index (χ0v) is 10.8. The number of nitrogens with two attached hydrogens (primary N) is 1. The largest absolute Gasteiger partial charge is 0.369 e. The lowest BCUT2D eigenvalue weighted by molar-refractivity contribution is 0.534. The molecule has 98 valence electrons. The number of hydrogen-bond donors (Lipinski definition) is 1. The van der Waals surface area contributed by atoms with Gasteiger partial charge in [0.2, 0.25) is 5.95 Å². The first-order chi connectivity index (χ1) is 9.24. The summed E-state index contributed by atoms with van der Waals surface area (Å²) in [6, 6.07) is 3.92. The van der Waals surface area contributed by atoms with E-state index in [4.69, 9.17) is 5.73 Å². The highest BCUT2D eigenvalue weighted by Gasteiger charge is 2.09. The summed E-state index contributed by atoms with van der Waals surface area (Å²) in [4.78, 5) is 8.76. The molecule has 3 aromatic heterocycles. The SMILES string of the molecule is Cc1cnc2c(c1)nc(N)n2CCCn1cccn1. The monoisotopic (exact) mass is 256 g/mol. The van der Waals surface area contributed by atoms with Crippen LogP contribution in [0.5, 0.6) is 0 Å². The van der Waals surface area contributed by atoms with E-state index in [2.05, 4.69) is 15.1 Å². The summed E-state index contributed by atoms with van der Waals surface area (Å²) in [7, 11) is 0. The van der Waals surface area contributed by atoms with Crippen molar-refractivity contribution in [2.45, 2.75) is 26.4 Å². The van der Waals surface area contributed by atoms with Crippen molar-refractivity contribution in [2.75, 3.05) is 5.73 Å². The van der Waals surface area contributed by atoms with Crippen LogP contribution in [0.1, 0.15) is 12.0 Å². The predicted molar refractivity (Wildman–Crippen MR) is 73.5 cm³/mol. The normalized spacial score (nSPS) is 11.2. The first-order valence-corrected chi connectivity index (χ1v) is 6.30. The molecule has 0 saturated heterocycles. The van der Waals surface area contributed by atoms with Gasteiger partial charge in [-0.1, -0.05) is 0 Å². The van der Waals surface area contributed by atoms with Crippen LogP contribution in [0.4, 0.5) is 5.95 Å². The van der Waals surface area contributed by atoms with Crippen molar-refractivity contribution in [1.82, 2.24) is 24.3 Å². The minimum atomic E-state index is 0.522. The molecule has 0 aliphatic heterocycles. The minimum absolute atomic E-state index is 0.522. The quantitative estimate of drug-likeness (QED) is 0.769. The molecule has 0 aliphatic carbocycles. The van der Waals surface area contributed by atoms with E-state index >= 15 is 0 Å². The smallest absolute Gasteiger partial charge is 0.202 e. The number of nitrogen functional groups attached to an aromatic ring is 1. The third-order valence-electron chi connectivity index (χ3n) is 3.08. The highest BCUT2D eigenvalue weighted by Crippen LogP contribution is 2.17. The Balaban J connectivity index is 1.78. The summed E-state index contributed by atoms with van der Waals surface area (Å²) in [5.74, 6) is 0.522. The van der Waals surface area contributed by atoms with Gasteiger partial charge in [-0.05, 0) is 31.0 Å². The van der Waals surface area contributed by atoms with E-state index in [1.54, 1.807) is 6.20 Å². The van der Waals surface area contributed by atoms with Crippen LogP contribution < -0.4 is 5.73 Å². The van der Waals surface area contributed by atoms with Crippen molar-refractivity contribution >= 4 is 17.1 Å². The van der Waals surface area contributed by atoms with Crippen molar-refractivity contribution in [3.05, 3.63) is 36.3 Å². The molecule has 0 unspecified atom stereocenters. The van der Waals surface area contributed by atoms with Gasteiger partial charge in [-0.25, -0.2) is 9.97 Å². The molecule has 2 N–H and O–H groups in total. The lowest BCUT2D eigenvalue weighted by atomic mass is 10.3. The average Bonchev–Trinajstić information content (AvgIpc) is 2.98.